The van der Waals surface area contributed by atoms with Gasteiger partial charge >= 0.3 is 6.03 Å². The largest absolute Gasteiger partial charge is 0.497 e. The molecule has 0 radical (unpaired) electrons. The van der Waals surface area contributed by atoms with Gasteiger partial charge in [0.1, 0.15) is 11.5 Å². The van der Waals surface area contributed by atoms with E-state index in [-0.39, 0.29) is 12.1 Å². The number of benzene rings is 2. The molecule has 2 amide bonds. The zero-order valence-electron chi connectivity index (χ0n) is 18.4. The highest BCUT2D eigenvalue weighted by Gasteiger charge is 2.27. The van der Waals surface area contributed by atoms with Gasteiger partial charge in [0.2, 0.25) is 0 Å². The van der Waals surface area contributed by atoms with Gasteiger partial charge in [-0.3, -0.25) is 0 Å². The van der Waals surface area contributed by atoms with Gasteiger partial charge in [-0.25, -0.2) is 9.80 Å². The topological polar surface area (TPSA) is 80.0 Å². The molecular weight excluding hydrogens is 392 g/mol. The molecule has 1 aromatic heterocycles. The van der Waals surface area contributed by atoms with Crippen molar-refractivity contribution >= 4 is 11.7 Å². The minimum atomic E-state index is -0.239. The van der Waals surface area contributed by atoms with Crippen molar-refractivity contribution in [2.45, 2.75) is 33.2 Å². The van der Waals surface area contributed by atoms with E-state index in [1.807, 2.05) is 63.2 Å². The third-order valence-electron chi connectivity index (χ3n) is 5.62. The highest BCUT2D eigenvalue weighted by Crippen LogP contribution is 2.30. The summed E-state index contributed by atoms with van der Waals surface area (Å²) in [5, 5.41) is 13.1. The Kier molecular flexibility index (Phi) is 5.50. The molecule has 7 heteroatoms. The lowest BCUT2D eigenvalue weighted by molar-refractivity contribution is 0.184. The van der Waals surface area contributed by atoms with Crippen LogP contribution in [0.2, 0.25) is 0 Å². The van der Waals surface area contributed by atoms with Gasteiger partial charge in [-0.05, 0) is 50.5 Å². The van der Waals surface area contributed by atoms with Crippen molar-refractivity contribution in [3.63, 3.8) is 0 Å². The Bertz CT molecular complexity index is 1130. The van der Waals surface area contributed by atoms with E-state index in [2.05, 4.69) is 10.5 Å². The van der Waals surface area contributed by atoms with Crippen LogP contribution in [0.5, 0.6) is 5.75 Å². The first-order valence-corrected chi connectivity index (χ1v) is 10.2. The number of hydrogen-bond donors (Lipinski definition) is 1. The van der Waals surface area contributed by atoms with Crippen molar-refractivity contribution in [1.82, 2.24) is 15.5 Å². The Balaban J connectivity index is 1.84. The Labute approximate surface area is 181 Å². The maximum absolute atomic E-state index is 12.5. The van der Waals surface area contributed by atoms with Gasteiger partial charge < -0.3 is 14.6 Å². The fraction of sp³-hybridized carbons (Fsp3) is 0.292. The highest BCUT2D eigenvalue weighted by molar-refractivity contribution is 6.14. The van der Waals surface area contributed by atoms with E-state index in [1.54, 1.807) is 14.2 Å². The fourth-order valence-corrected chi connectivity index (χ4v) is 4.01. The number of aromatic nitrogens is 1. The van der Waals surface area contributed by atoms with Crippen LogP contribution in [0.3, 0.4) is 0 Å². The molecule has 0 spiro atoms. The third-order valence-corrected chi connectivity index (χ3v) is 5.62. The summed E-state index contributed by atoms with van der Waals surface area (Å²) in [5.74, 6) is 1.53. The summed E-state index contributed by atoms with van der Waals surface area (Å²) < 4.78 is 10.8. The van der Waals surface area contributed by atoms with E-state index >= 15 is 0 Å². The Morgan fingerprint density at radius 3 is 2.48 bits per heavy atom. The quantitative estimate of drug-likeness (QED) is 0.688. The van der Waals surface area contributed by atoms with Gasteiger partial charge in [-0.1, -0.05) is 35.5 Å². The maximum Gasteiger partial charge on any atom is 0.337 e. The van der Waals surface area contributed by atoms with Crippen molar-refractivity contribution in [2.24, 2.45) is 5.10 Å². The van der Waals surface area contributed by atoms with Crippen molar-refractivity contribution in [2.75, 3.05) is 14.2 Å². The van der Waals surface area contributed by atoms with Crippen LogP contribution in [0.1, 0.15) is 35.1 Å². The molecule has 0 fully saturated rings. The number of hydrazone groups is 1. The van der Waals surface area contributed by atoms with E-state index in [4.69, 9.17) is 14.4 Å². The molecule has 2 aromatic carbocycles. The first-order valence-electron chi connectivity index (χ1n) is 10.2. The Hall–Kier alpha value is -3.61. The molecular formula is C24H26N4O3. The number of methoxy groups -OCH3 is 1. The summed E-state index contributed by atoms with van der Waals surface area (Å²) in [6.07, 6.45) is 0.691. The van der Waals surface area contributed by atoms with Crippen molar-refractivity contribution in [3.05, 3.63) is 70.6 Å². The molecule has 3 aromatic rings. The lowest BCUT2D eigenvalue weighted by Crippen LogP contribution is -2.41. The van der Waals surface area contributed by atoms with E-state index in [0.29, 0.717) is 6.42 Å². The van der Waals surface area contributed by atoms with Crippen molar-refractivity contribution < 1.29 is 14.1 Å². The van der Waals surface area contributed by atoms with Crippen LogP contribution in [0.4, 0.5) is 4.79 Å². The summed E-state index contributed by atoms with van der Waals surface area (Å²) in [7, 11) is 3.26. The Morgan fingerprint density at radius 1 is 1.16 bits per heavy atom. The van der Waals surface area contributed by atoms with Crippen LogP contribution < -0.4 is 10.1 Å². The van der Waals surface area contributed by atoms with Crippen LogP contribution in [-0.4, -0.2) is 42.1 Å². The predicted molar refractivity (Wildman–Crippen MR) is 120 cm³/mol. The molecule has 0 saturated carbocycles. The molecule has 1 aliphatic rings. The number of nitrogens with one attached hydrogen (secondary N) is 1. The predicted octanol–water partition coefficient (Wildman–Crippen LogP) is 4.31. The van der Waals surface area contributed by atoms with Crippen LogP contribution in [0.25, 0.3) is 11.1 Å². The van der Waals surface area contributed by atoms with E-state index in [1.165, 1.54) is 5.01 Å². The SMILES string of the molecule is CNC(=O)N1N=C(c2ccc(-c3c(C)noc3C)cc2)c2cc(OC)ccc2C[C@@H]1C. The first kappa shape index (κ1) is 20.7. The maximum atomic E-state index is 12.5. The van der Waals surface area contributed by atoms with Gasteiger partial charge in [-0.2, -0.15) is 5.10 Å². The number of amides is 2. The fourth-order valence-electron chi connectivity index (χ4n) is 4.01. The number of ether oxygens (including phenoxy) is 1. The smallest absolute Gasteiger partial charge is 0.337 e. The second-order valence-corrected chi connectivity index (χ2v) is 7.70. The number of rotatable bonds is 3. The number of carbonyl (C=O) groups is 1. The molecule has 4 rings (SSSR count). The Morgan fingerprint density at radius 2 is 1.87 bits per heavy atom. The number of nitrogens with zero attached hydrogens (tertiary/aromatic N) is 3. The van der Waals surface area contributed by atoms with Crippen LogP contribution >= 0.6 is 0 Å². The number of urea groups is 1. The third kappa shape index (κ3) is 3.79. The molecule has 1 aliphatic heterocycles. The molecule has 31 heavy (non-hydrogen) atoms. The van der Waals surface area contributed by atoms with Gasteiger partial charge in [0, 0.05) is 23.7 Å². The minimum Gasteiger partial charge on any atom is -0.497 e. The summed E-state index contributed by atoms with van der Waals surface area (Å²) in [5.41, 5.74) is 6.59. The summed E-state index contributed by atoms with van der Waals surface area (Å²) in [4.78, 5) is 12.5. The second kappa shape index (κ2) is 8.26. The lowest BCUT2D eigenvalue weighted by atomic mass is 9.93. The zero-order valence-corrected chi connectivity index (χ0v) is 18.4. The average Bonchev–Trinajstić information content (AvgIpc) is 3.04. The average molecular weight is 418 g/mol. The first-order chi connectivity index (χ1) is 14.9. The highest BCUT2D eigenvalue weighted by atomic mass is 16.5. The number of fused-ring (bicyclic) bond motifs is 1. The normalized spacial score (nSPS) is 15.7. The van der Waals surface area contributed by atoms with E-state index < -0.39 is 0 Å². The molecule has 1 atom stereocenters. The number of carbonyl (C=O) groups excluding carboxylic acids is 1. The number of hydrogen-bond acceptors (Lipinski definition) is 5. The van der Waals surface area contributed by atoms with Gasteiger partial charge in [0.15, 0.2) is 0 Å². The van der Waals surface area contributed by atoms with Crippen molar-refractivity contribution in [3.8, 4) is 16.9 Å². The monoisotopic (exact) mass is 418 g/mol. The molecule has 2 heterocycles. The van der Waals surface area contributed by atoms with Gasteiger partial charge in [0.25, 0.3) is 0 Å². The molecule has 0 saturated heterocycles. The number of aryl methyl sites for hydroxylation is 2. The van der Waals surface area contributed by atoms with Crippen molar-refractivity contribution in [1.29, 1.82) is 0 Å². The molecule has 160 valence electrons. The summed E-state index contributed by atoms with van der Waals surface area (Å²) in [6, 6.07) is 13.7. The molecule has 0 unspecified atom stereocenters. The van der Waals surface area contributed by atoms with E-state index in [0.717, 1.165) is 50.7 Å². The van der Waals surface area contributed by atoms with Gasteiger partial charge in [0.05, 0.1) is 24.6 Å². The molecule has 1 N–H and O–H groups in total. The molecule has 7 nitrogen and oxygen atoms in total. The standard InChI is InChI=1S/C24H26N4O3/c1-14-12-19-10-11-20(30-5)13-21(19)23(26-28(14)24(29)25-4)18-8-6-17(7-9-18)22-15(2)27-31-16(22)3/h6-11,13-14H,12H2,1-5H3,(H,25,29)/t14-/m0/s1. The second-order valence-electron chi connectivity index (χ2n) is 7.70. The molecule has 0 aliphatic carbocycles. The summed E-state index contributed by atoms with van der Waals surface area (Å²) in [6.45, 7) is 5.83. The van der Waals surface area contributed by atoms with Gasteiger partial charge in [-0.15, -0.1) is 0 Å². The van der Waals surface area contributed by atoms with Crippen LogP contribution in [-0.2, 0) is 6.42 Å². The zero-order chi connectivity index (χ0) is 22.1. The lowest BCUT2D eigenvalue weighted by Gasteiger charge is -2.22. The molecule has 0 bridgehead atoms. The minimum absolute atomic E-state index is 0.0915. The van der Waals surface area contributed by atoms with Crippen LogP contribution in [0.15, 0.2) is 52.1 Å². The summed E-state index contributed by atoms with van der Waals surface area (Å²) >= 11 is 0. The van der Waals surface area contributed by atoms with Crippen LogP contribution in [0, 0.1) is 13.8 Å². The van der Waals surface area contributed by atoms with E-state index in [9.17, 15) is 4.79 Å².